The summed E-state index contributed by atoms with van der Waals surface area (Å²) in [7, 11) is 0. The van der Waals surface area contributed by atoms with Crippen molar-refractivity contribution < 1.29 is 14.3 Å². The summed E-state index contributed by atoms with van der Waals surface area (Å²) < 4.78 is 5.09. The maximum Gasteiger partial charge on any atom is 0.268 e. The van der Waals surface area contributed by atoms with Crippen LogP contribution in [-0.2, 0) is 16.0 Å². The van der Waals surface area contributed by atoms with E-state index in [1.807, 2.05) is 42.6 Å². The average Bonchev–Trinajstić information content (AvgIpc) is 3.21. The average molecular weight is 330 g/mol. The van der Waals surface area contributed by atoms with E-state index in [4.69, 9.17) is 4.74 Å². The maximum atomic E-state index is 12.6. The van der Waals surface area contributed by atoms with E-state index < -0.39 is 0 Å². The third kappa shape index (κ3) is 3.43. The molecule has 120 valence electrons. The molecule has 2 heterocycles. The molecule has 1 aromatic heterocycles. The number of anilines is 2. The number of carbonyl (C=O) groups excluding carboxylic acids is 2. The largest absolute Gasteiger partial charge is 0.372 e. The number of amides is 2. The lowest BCUT2D eigenvalue weighted by molar-refractivity contribution is -0.120. The lowest BCUT2D eigenvalue weighted by Crippen LogP contribution is -2.28. The summed E-state index contributed by atoms with van der Waals surface area (Å²) in [5, 5.41) is 4.70. The van der Waals surface area contributed by atoms with Crippen molar-refractivity contribution in [1.29, 1.82) is 0 Å². The van der Waals surface area contributed by atoms with E-state index >= 15 is 0 Å². The number of benzene rings is 1. The molecule has 3 rings (SSSR count). The number of hydrogen-bond donors (Lipinski definition) is 1. The van der Waals surface area contributed by atoms with Crippen LogP contribution in [-0.4, -0.2) is 31.6 Å². The van der Waals surface area contributed by atoms with Crippen LogP contribution < -0.4 is 10.2 Å². The van der Waals surface area contributed by atoms with Crippen molar-refractivity contribution in [2.75, 3.05) is 30.0 Å². The van der Waals surface area contributed by atoms with Gasteiger partial charge < -0.3 is 15.0 Å². The minimum atomic E-state index is -0.194. The van der Waals surface area contributed by atoms with Crippen LogP contribution in [0.1, 0.15) is 22.2 Å². The van der Waals surface area contributed by atoms with Crippen LogP contribution in [0, 0.1) is 0 Å². The summed E-state index contributed by atoms with van der Waals surface area (Å²) >= 11 is 1.44. The molecule has 6 heteroatoms. The summed E-state index contributed by atoms with van der Waals surface area (Å²) in [6.45, 7) is 3.05. The number of rotatable bonds is 5. The van der Waals surface area contributed by atoms with Crippen LogP contribution in [0.2, 0.25) is 0 Å². The third-order valence-electron chi connectivity index (χ3n) is 3.68. The van der Waals surface area contributed by atoms with Crippen molar-refractivity contribution in [3.63, 3.8) is 0 Å². The molecule has 0 radical (unpaired) electrons. The molecular weight excluding hydrogens is 312 g/mol. The fourth-order valence-electron chi connectivity index (χ4n) is 2.59. The van der Waals surface area contributed by atoms with Crippen molar-refractivity contribution in [3.05, 3.63) is 46.2 Å². The monoisotopic (exact) mass is 330 g/mol. The first-order valence-corrected chi connectivity index (χ1v) is 8.43. The van der Waals surface area contributed by atoms with Gasteiger partial charge in [-0.3, -0.25) is 9.59 Å². The van der Waals surface area contributed by atoms with Gasteiger partial charge in [0.1, 0.15) is 6.61 Å². The first kappa shape index (κ1) is 15.7. The van der Waals surface area contributed by atoms with E-state index in [1.165, 1.54) is 11.3 Å². The Morgan fingerprint density at radius 3 is 2.96 bits per heavy atom. The van der Waals surface area contributed by atoms with Crippen molar-refractivity contribution in [2.24, 2.45) is 0 Å². The number of carbonyl (C=O) groups is 2. The minimum absolute atomic E-state index is 0.0107. The van der Waals surface area contributed by atoms with E-state index in [1.54, 1.807) is 4.90 Å². The van der Waals surface area contributed by atoms with Gasteiger partial charge in [-0.25, -0.2) is 0 Å². The summed E-state index contributed by atoms with van der Waals surface area (Å²) in [6.07, 6.45) is 0.833. The number of fused-ring (bicyclic) bond motifs is 1. The van der Waals surface area contributed by atoms with Gasteiger partial charge in [0, 0.05) is 24.5 Å². The standard InChI is InChI=1S/C17H18N2O3S/c1-2-22-11-16(20)18-13-6-5-12-7-8-19(14(12)10-13)17(21)15-4-3-9-23-15/h3-6,9-10H,2,7-8,11H2,1H3,(H,18,20). The Labute approximate surface area is 138 Å². The summed E-state index contributed by atoms with van der Waals surface area (Å²) in [4.78, 5) is 26.8. The van der Waals surface area contributed by atoms with Crippen molar-refractivity contribution in [3.8, 4) is 0 Å². The van der Waals surface area contributed by atoms with Gasteiger partial charge in [-0.2, -0.15) is 0 Å². The Bertz CT molecular complexity index is 713. The zero-order valence-corrected chi connectivity index (χ0v) is 13.7. The van der Waals surface area contributed by atoms with Crippen LogP contribution in [0.4, 0.5) is 11.4 Å². The molecule has 23 heavy (non-hydrogen) atoms. The minimum Gasteiger partial charge on any atom is -0.372 e. The van der Waals surface area contributed by atoms with Gasteiger partial charge in [-0.05, 0) is 42.5 Å². The molecule has 1 N–H and O–H groups in total. The molecule has 0 fully saturated rings. The van der Waals surface area contributed by atoms with Gasteiger partial charge in [-0.15, -0.1) is 11.3 Å². The molecular formula is C17H18N2O3S. The molecule has 0 saturated carbocycles. The van der Waals surface area contributed by atoms with Crippen LogP contribution in [0.25, 0.3) is 0 Å². The number of hydrogen-bond acceptors (Lipinski definition) is 4. The zero-order valence-electron chi connectivity index (χ0n) is 12.9. The fraction of sp³-hybridized carbons (Fsp3) is 0.294. The van der Waals surface area contributed by atoms with Gasteiger partial charge in [0.15, 0.2) is 0 Å². The van der Waals surface area contributed by atoms with Gasteiger partial charge in [0.25, 0.3) is 5.91 Å². The summed E-state index contributed by atoms with van der Waals surface area (Å²) in [5.74, 6) is -0.183. The van der Waals surface area contributed by atoms with E-state index in [0.717, 1.165) is 22.5 Å². The van der Waals surface area contributed by atoms with Gasteiger partial charge in [0.2, 0.25) is 5.91 Å². The molecule has 0 spiro atoms. The molecule has 5 nitrogen and oxygen atoms in total. The summed E-state index contributed by atoms with van der Waals surface area (Å²) in [6, 6.07) is 9.39. The Morgan fingerprint density at radius 2 is 2.22 bits per heavy atom. The van der Waals surface area contributed by atoms with E-state index in [9.17, 15) is 9.59 Å². The van der Waals surface area contributed by atoms with Crippen LogP contribution in [0.3, 0.4) is 0 Å². The second kappa shape index (κ2) is 6.93. The normalized spacial score (nSPS) is 13.0. The summed E-state index contributed by atoms with van der Waals surface area (Å²) in [5.41, 5.74) is 2.68. The maximum absolute atomic E-state index is 12.6. The predicted octanol–water partition coefficient (Wildman–Crippen LogP) is 2.93. The van der Waals surface area contributed by atoms with Crippen LogP contribution in [0.15, 0.2) is 35.7 Å². The zero-order chi connectivity index (χ0) is 16.2. The second-order valence-corrected chi connectivity index (χ2v) is 6.16. The second-order valence-electron chi connectivity index (χ2n) is 5.21. The Morgan fingerprint density at radius 1 is 1.35 bits per heavy atom. The number of ether oxygens (including phenoxy) is 1. The Kier molecular flexibility index (Phi) is 4.73. The number of thiophene rings is 1. The van der Waals surface area contributed by atoms with Crippen molar-refractivity contribution in [1.82, 2.24) is 0 Å². The van der Waals surface area contributed by atoms with Crippen LogP contribution >= 0.6 is 11.3 Å². The molecule has 0 saturated heterocycles. The smallest absolute Gasteiger partial charge is 0.268 e. The topological polar surface area (TPSA) is 58.6 Å². The highest BCUT2D eigenvalue weighted by Crippen LogP contribution is 2.32. The fourth-order valence-corrected chi connectivity index (χ4v) is 3.26. The Hall–Kier alpha value is -2.18. The van der Waals surface area contributed by atoms with Crippen molar-refractivity contribution >= 4 is 34.5 Å². The lowest BCUT2D eigenvalue weighted by atomic mass is 10.1. The molecule has 1 aromatic carbocycles. The van der Waals surface area contributed by atoms with Crippen molar-refractivity contribution in [2.45, 2.75) is 13.3 Å². The number of nitrogens with zero attached hydrogens (tertiary/aromatic N) is 1. The van der Waals surface area contributed by atoms with Gasteiger partial charge in [0.05, 0.1) is 4.88 Å². The third-order valence-corrected chi connectivity index (χ3v) is 4.54. The Balaban J connectivity index is 1.77. The lowest BCUT2D eigenvalue weighted by Gasteiger charge is -2.17. The molecule has 2 amide bonds. The van der Waals surface area contributed by atoms with E-state index in [-0.39, 0.29) is 18.4 Å². The molecule has 1 aliphatic heterocycles. The van der Waals surface area contributed by atoms with E-state index in [2.05, 4.69) is 5.32 Å². The molecule has 0 aliphatic carbocycles. The highest BCUT2D eigenvalue weighted by atomic mass is 32.1. The first-order chi connectivity index (χ1) is 11.2. The predicted molar refractivity (Wildman–Crippen MR) is 91.3 cm³/mol. The molecule has 0 bridgehead atoms. The van der Waals surface area contributed by atoms with Gasteiger partial charge >= 0.3 is 0 Å². The SMILES string of the molecule is CCOCC(=O)Nc1ccc2c(c1)N(C(=O)c1cccs1)CC2. The highest BCUT2D eigenvalue weighted by Gasteiger charge is 2.26. The van der Waals surface area contributed by atoms with Crippen LogP contribution in [0.5, 0.6) is 0 Å². The number of nitrogens with one attached hydrogen (secondary N) is 1. The van der Waals surface area contributed by atoms with E-state index in [0.29, 0.717) is 18.8 Å². The molecule has 0 atom stereocenters. The highest BCUT2D eigenvalue weighted by molar-refractivity contribution is 7.12. The molecule has 2 aromatic rings. The molecule has 0 unspecified atom stereocenters. The first-order valence-electron chi connectivity index (χ1n) is 7.55. The quantitative estimate of drug-likeness (QED) is 0.917. The van der Waals surface area contributed by atoms with Gasteiger partial charge in [-0.1, -0.05) is 12.1 Å². The molecule has 1 aliphatic rings.